The van der Waals surface area contributed by atoms with Gasteiger partial charge < -0.3 is 5.11 Å². The first kappa shape index (κ1) is 12.8. The normalized spacial score (nSPS) is 25.4. The molecular formula is C11H20N4OS. The van der Waals surface area contributed by atoms with E-state index in [2.05, 4.69) is 29.4 Å². The molecule has 1 aliphatic rings. The van der Waals surface area contributed by atoms with Gasteiger partial charge in [-0.1, -0.05) is 38.5 Å². The Labute approximate surface area is 106 Å². The summed E-state index contributed by atoms with van der Waals surface area (Å²) in [5, 5.41) is 22.8. The van der Waals surface area contributed by atoms with Crippen LogP contribution in [0.3, 0.4) is 0 Å². The quantitative estimate of drug-likeness (QED) is 0.888. The van der Waals surface area contributed by atoms with Crippen molar-refractivity contribution in [3.63, 3.8) is 0 Å². The molecule has 0 spiro atoms. The first-order valence-electron chi connectivity index (χ1n) is 6.27. The fourth-order valence-corrected chi connectivity index (χ4v) is 3.26. The summed E-state index contributed by atoms with van der Waals surface area (Å²) < 4.78 is 1.84. The Bertz CT molecular complexity index is 355. The second-order valence-electron chi connectivity index (χ2n) is 5.05. The number of hydrogen-bond donors (Lipinski definition) is 1. The number of tetrazole rings is 1. The van der Waals surface area contributed by atoms with Crippen LogP contribution in [0.2, 0.25) is 0 Å². The van der Waals surface area contributed by atoms with Gasteiger partial charge in [0.2, 0.25) is 5.16 Å². The molecule has 1 fully saturated rings. The zero-order valence-electron chi connectivity index (χ0n) is 10.4. The SMILES string of the molecule is CC(C)Cn1nnnc1SC1CCCCC1O. The fraction of sp³-hybridized carbons (Fsp3) is 0.909. The minimum absolute atomic E-state index is 0.210. The van der Waals surface area contributed by atoms with Crippen LogP contribution < -0.4 is 0 Å². The number of thioether (sulfide) groups is 1. The molecule has 5 nitrogen and oxygen atoms in total. The van der Waals surface area contributed by atoms with Crippen molar-refractivity contribution >= 4 is 11.8 Å². The average Bonchev–Trinajstić information content (AvgIpc) is 2.68. The third-order valence-corrected chi connectivity index (χ3v) is 4.32. The fourth-order valence-electron chi connectivity index (χ4n) is 2.09. The number of nitrogens with zero attached hydrogens (tertiary/aromatic N) is 4. The summed E-state index contributed by atoms with van der Waals surface area (Å²) in [6.07, 6.45) is 4.08. The summed E-state index contributed by atoms with van der Waals surface area (Å²) in [4.78, 5) is 0. The van der Waals surface area contributed by atoms with Crippen molar-refractivity contribution in [2.45, 2.75) is 62.6 Å². The van der Waals surface area contributed by atoms with Gasteiger partial charge in [-0.05, 0) is 29.2 Å². The van der Waals surface area contributed by atoms with E-state index in [1.54, 1.807) is 11.8 Å². The third-order valence-electron chi connectivity index (χ3n) is 2.96. The second-order valence-corrected chi connectivity index (χ2v) is 6.25. The van der Waals surface area contributed by atoms with Crippen LogP contribution in [0.25, 0.3) is 0 Å². The molecule has 6 heteroatoms. The van der Waals surface area contributed by atoms with Gasteiger partial charge >= 0.3 is 0 Å². The zero-order valence-corrected chi connectivity index (χ0v) is 11.2. The van der Waals surface area contributed by atoms with Crippen molar-refractivity contribution < 1.29 is 5.11 Å². The molecule has 0 aliphatic heterocycles. The molecule has 1 aromatic rings. The molecule has 0 radical (unpaired) electrons. The highest BCUT2D eigenvalue weighted by molar-refractivity contribution is 7.99. The van der Waals surface area contributed by atoms with Crippen LogP contribution in [0.5, 0.6) is 0 Å². The Morgan fingerprint density at radius 2 is 2.18 bits per heavy atom. The number of aliphatic hydroxyl groups excluding tert-OH is 1. The number of aromatic nitrogens is 4. The number of rotatable bonds is 4. The van der Waals surface area contributed by atoms with Crippen LogP contribution in [-0.2, 0) is 6.54 Å². The molecule has 2 unspecified atom stereocenters. The predicted octanol–water partition coefficient (Wildman–Crippen LogP) is 1.72. The molecule has 96 valence electrons. The lowest BCUT2D eigenvalue weighted by Gasteiger charge is -2.26. The molecule has 2 atom stereocenters. The van der Waals surface area contributed by atoms with Crippen molar-refractivity contribution in [2.24, 2.45) is 5.92 Å². The Balaban J connectivity index is 1.99. The van der Waals surface area contributed by atoms with Crippen LogP contribution in [0.4, 0.5) is 0 Å². The minimum Gasteiger partial charge on any atom is -0.392 e. The van der Waals surface area contributed by atoms with Gasteiger partial charge in [-0.2, -0.15) is 0 Å². The van der Waals surface area contributed by atoms with E-state index in [9.17, 15) is 5.11 Å². The summed E-state index contributed by atoms with van der Waals surface area (Å²) in [6, 6.07) is 0. The molecule has 0 aromatic carbocycles. The van der Waals surface area contributed by atoms with Crippen molar-refractivity contribution in [2.75, 3.05) is 0 Å². The van der Waals surface area contributed by atoms with Gasteiger partial charge in [0.15, 0.2) is 0 Å². The summed E-state index contributed by atoms with van der Waals surface area (Å²) in [5.41, 5.74) is 0. The van der Waals surface area contributed by atoms with Crippen LogP contribution in [-0.4, -0.2) is 36.7 Å². The van der Waals surface area contributed by atoms with Crippen molar-refractivity contribution in [1.82, 2.24) is 20.2 Å². The van der Waals surface area contributed by atoms with Gasteiger partial charge in [0, 0.05) is 11.8 Å². The van der Waals surface area contributed by atoms with E-state index in [4.69, 9.17) is 0 Å². The summed E-state index contributed by atoms with van der Waals surface area (Å²) in [6.45, 7) is 5.12. The summed E-state index contributed by atoms with van der Waals surface area (Å²) in [5.74, 6) is 0.522. The molecule has 17 heavy (non-hydrogen) atoms. The highest BCUT2D eigenvalue weighted by Crippen LogP contribution is 2.32. The Morgan fingerprint density at radius 3 is 2.88 bits per heavy atom. The lowest BCUT2D eigenvalue weighted by atomic mass is 9.97. The molecular weight excluding hydrogens is 236 g/mol. The molecule has 1 heterocycles. The first-order chi connectivity index (χ1) is 8.16. The first-order valence-corrected chi connectivity index (χ1v) is 7.15. The van der Waals surface area contributed by atoms with E-state index in [1.165, 1.54) is 6.42 Å². The highest BCUT2D eigenvalue weighted by Gasteiger charge is 2.26. The van der Waals surface area contributed by atoms with Crippen LogP contribution in [0.15, 0.2) is 5.16 Å². The molecule has 0 bridgehead atoms. The van der Waals surface area contributed by atoms with Crippen LogP contribution in [0, 0.1) is 5.92 Å². The van der Waals surface area contributed by atoms with Crippen molar-refractivity contribution in [3.05, 3.63) is 0 Å². The maximum Gasteiger partial charge on any atom is 0.209 e. The number of aliphatic hydroxyl groups is 1. The van der Waals surface area contributed by atoms with Gasteiger partial charge in [0.05, 0.1) is 6.10 Å². The minimum atomic E-state index is -0.210. The Morgan fingerprint density at radius 1 is 1.41 bits per heavy atom. The molecule has 1 N–H and O–H groups in total. The van der Waals surface area contributed by atoms with Gasteiger partial charge in [-0.3, -0.25) is 0 Å². The maximum absolute atomic E-state index is 9.94. The Hall–Kier alpha value is -0.620. The second kappa shape index (κ2) is 5.82. The lowest BCUT2D eigenvalue weighted by Crippen LogP contribution is -2.27. The van der Waals surface area contributed by atoms with E-state index in [-0.39, 0.29) is 11.4 Å². The van der Waals surface area contributed by atoms with E-state index in [1.807, 2.05) is 4.68 Å². The highest BCUT2D eigenvalue weighted by atomic mass is 32.2. The lowest BCUT2D eigenvalue weighted by molar-refractivity contribution is 0.136. The van der Waals surface area contributed by atoms with E-state index < -0.39 is 0 Å². The molecule has 1 aromatic heterocycles. The van der Waals surface area contributed by atoms with Crippen LogP contribution in [0.1, 0.15) is 39.5 Å². The smallest absolute Gasteiger partial charge is 0.209 e. The Kier molecular flexibility index (Phi) is 4.39. The summed E-state index contributed by atoms with van der Waals surface area (Å²) >= 11 is 1.62. The molecule has 0 amide bonds. The average molecular weight is 256 g/mol. The third kappa shape index (κ3) is 3.42. The van der Waals surface area contributed by atoms with Gasteiger partial charge in [0.1, 0.15) is 0 Å². The molecule has 0 saturated heterocycles. The van der Waals surface area contributed by atoms with Crippen LogP contribution >= 0.6 is 11.8 Å². The van der Waals surface area contributed by atoms with Gasteiger partial charge in [-0.15, -0.1) is 5.10 Å². The van der Waals surface area contributed by atoms with Crippen molar-refractivity contribution in [1.29, 1.82) is 0 Å². The monoisotopic (exact) mass is 256 g/mol. The van der Waals surface area contributed by atoms with Crippen molar-refractivity contribution in [3.8, 4) is 0 Å². The standard InChI is InChI=1S/C11H20N4OS/c1-8(2)7-15-11(12-13-14-15)17-10-6-4-3-5-9(10)16/h8-10,16H,3-7H2,1-2H3. The zero-order chi connectivity index (χ0) is 12.3. The molecule has 2 rings (SSSR count). The molecule has 1 saturated carbocycles. The maximum atomic E-state index is 9.94. The van der Waals surface area contributed by atoms with Gasteiger partial charge in [-0.25, -0.2) is 4.68 Å². The van der Waals surface area contributed by atoms with E-state index in [0.29, 0.717) is 5.92 Å². The number of hydrogen-bond acceptors (Lipinski definition) is 5. The van der Waals surface area contributed by atoms with Gasteiger partial charge in [0.25, 0.3) is 0 Å². The summed E-state index contributed by atoms with van der Waals surface area (Å²) in [7, 11) is 0. The van der Waals surface area contributed by atoms with E-state index in [0.717, 1.165) is 31.0 Å². The largest absolute Gasteiger partial charge is 0.392 e. The molecule has 1 aliphatic carbocycles. The topological polar surface area (TPSA) is 63.8 Å². The van der Waals surface area contributed by atoms with E-state index >= 15 is 0 Å². The predicted molar refractivity (Wildman–Crippen MR) is 66.8 cm³/mol.